The van der Waals surface area contributed by atoms with Crippen molar-refractivity contribution in [3.05, 3.63) is 53.1 Å². The van der Waals surface area contributed by atoms with Crippen molar-refractivity contribution in [1.82, 2.24) is 0 Å². The van der Waals surface area contributed by atoms with Crippen LogP contribution < -0.4 is 10.1 Å². The van der Waals surface area contributed by atoms with Crippen LogP contribution in [-0.4, -0.2) is 27.2 Å². The Labute approximate surface area is 142 Å². The van der Waals surface area contributed by atoms with Crippen molar-refractivity contribution in [3.8, 4) is 5.75 Å². The van der Waals surface area contributed by atoms with E-state index in [2.05, 4.69) is 10.1 Å². The van der Waals surface area contributed by atoms with Crippen LogP contribution in [0.3, 0.4) is 0 Å². The first-order chi connectivity index (χ1) is 11.2. The Kier molecular flexibility index (Phi) is 5.40. The van der Waals surface area contributed by atoms with Gasteiger partial charge in [-0.1, -0.05) is 17.7 Å². The molecule has 0 bridgehead atoms. The molecule has 1 amide bonds. The van der Waals surface area contributed by atoms with Gasteiger partial charge in [-0.3, -0.25) is 4.79 Å². The Morgan fingerprint density at radius 1 is 1.21 bits per heavy atom. The summed E-state index contributed by atoms with van der Waals surface area (Å²) in [7, 11) is -3.48. The fourth-order valence-electron chi connectivity index (χ4n) is 1.84. The maximum absolute atomic E-state index is 12.2. The smallest absolute Gasteiger partial charge is 0.387 e. The number of alkyl halides is 2. The maximum Gasteiger partial charge on any atom is 0.387 e. The lowest BCUT2D eigenvalue weighted by molar-refractivity contribution is -0.0498. The van der Waals surface area contributed by atoms with Crippen molar-refractivity contribution in [2.45, 2.75) is 11.5 Å². The third kappa shape index (κ3) is 4.65. The molecule has 0 fully saturated rings. The van der Waals surface area contributed by atoms with E-state index in [1.54, 1.807) is 0 Å². The molecular weight excluding hydrogens is 364 g/mol. The molecule has 2 aromatic rings. The lowest BCUT2D eigenvalue weighted by Gasteiger charge is -2.10. The average Bonchev–Trinajstić information content (AvgIpc) is 2.48. The number of carbonyl (C=O) groups excluding carboxylic acids is 1. The molecule has 0 spiro atoms. The minimum Gasteiger partial charge on any atom is -0.435 e. The largest absolute Gasteiger partial charge is 0.435 e. The third-order valence-electron chi connectivity index (χ3n) is 2.94. The summed E-state index contributed by atoms with van der Waals surface area (Å²) >= 11 is 5.94. The Hall–Kier alpha value is -2.19. The molecule has 0 atom stereocenters. The summed E-state index contributed by atoms with van der Waals surface area (Å²) in [6, 6.07) is 9.04. The van der Waals surface area contributed by atoms with Gasteiger partial charge in [0.25, 0.3) is 5.91 Å². The molecule has 128 valence electrons. The minimum absolute atomic E-state index is 0.0167. The quantitative estimate of drug-likeness (QED) is 0.866. The number of rotatable bonds is 5. The second kappa shape index (κ2) is 7.14. The van der Waals surface area contributed by atoms with E-state index in [0.29, 0.717) is 0 Å². The van der Waals surface area contributed by atoms with Crippen LogP contribution in [0.4, 0.5) is 14.5 Å². The van der Waals surface area contributed by atoms with Gasteiger partial charge in [-0.2, -0.15) is 8.78 Å². The predicted molar refractivity (Wildman–Crippen MR) is 85.6 cm³/mol. The SMILES string of the molecule is CS(=O)(=O)c1ccc(Cl)c(NC(=O)c2cccc(OC(F)F)c2)c1. The van der Waals surface area contributed by atoms with Crippen LogP contribution in [0.25, 0.3) is 0 Å². The highest BCUT2D eigenvalue weighted by molar-refractivity contribution is 7.90. The summed E-state index contributed by atoms with van der Waals surface area (Å²) in [6.45, 7) is -3.01. The van der Waals surface area contributed by atoms with E-state index in [4.69, 9.17) is 11.6 Å². The molecule has 2 rings (SSSR count). The van der Waals surface area contributed by atoms with E-state index in [1.165, 1.54) is 36.4 Å². The summed E-state index contributed by atoms with van der Waals surface area (Å²) in [4.78, 5) is 12.2. The molecule has 0 aromatic heterocycles. The monoisotopic (exact) mass is 375 g/mol. The van der Waals surface area contributed by atoms with Crippen molar-refractivity contribution in [1.29, 1.82) is 0 Å². The first-order valence-corrected chi connectivity index (χ1v) is 8.79. The van der Waals surface area contributed by atoms with E-state index in [1.807, 2.05) is 0 Å². The van der Waals surface area contributed by atoms with Crippen LogP contribution in [0.5, 0.6) is 5.75 Å². The number of carbonyl (C=O) groups is 1. The van der Waals surface area contributed by atoms with Crippen LogP contribution in [0.2, 0.25) is 5.02 Å². The zero-order valence-corrected chi connectivity index (χ0v) is 13.9. The molecular formula is C15H12ClF2NO4S. The zero-order chi connectivity index (χ0) is 17.9. The van der Waals surface area contributed by atoms with Crippen molar-refractivity contribution < 1.29 is 26.7 Å². The van der Waals surface area contributed by atoms with E-state index in [0.717, 1.165) is 12.3 Å². The molecule has 0 aliphatic heterocycles. The van der Waals surface area contributed by atoms with Crippen LogP contribution in [-0.2, 0) is 9.84 Å². The van der Waals surface area contributed by atoms with Gasteiger partial charge >= 0.3 is 6.61 Å². The fourth-order valence-corrected chi connectivity index (χ4v) is 2.65. The minimum atomic E-state index is -3.48. The lowest BCUT2D eigenvalue weighted by atomic mass is 10.2. The standard InChI is InChI=1S/C15H12ClF2NO4S/c1-24(21,22)11-5-6-12(16)13(8-11)19-14(20)9-3-2-4-10(7-9)23-15(17)18/h2-8,15H,1H3,(H,19,20). The van der Waals surface area contributed by atoms with Crippen LogP contribution in [0.15, 0.2) is 47.4 Å². The molecule has 0 saturated carbocycles. The third-order valence-corrected chi connectivity index (χ3v) is 4.38. The van der Waals surface area contributed by atoms with Crippen molar-refractivity contribution >= 4 is 33.0 Å². The lowest BCUT2D eigenvalue weighted by Crippen LogP contribution is -2.13. The Balaban J connectivity index is 2.27. The number of amides is 1. The second-order valence-corrected chi connectivity index (χ2v) is 7.20. The number of ether oxygens (including phenoxy) is 1. The van der Waals surface area contributed by atoms with E-state index >= 15 is 0 Å². The first-order valence-electron chi connectivity index (χ1n) is 6.52. The van der Waals surface area contributed by atoms with Gasteiger partial charge in [-0.25, -0.2) is 8.42 Å². The van der Waals surface area contributed by atoms with Gasteiger partial charge in [0.1, 0.15) is 5.75 Å². The van der Waals surface area contributed by atoms with Gasteiger partial charge in [-0.05, 0) is 36.4 Å². The van der Waals surface area contributed by atoms with Gasteiger partial charge in [0.15, 0.2) is 9.84 Å². The van der Waals surface area contributed by atoms with Gasteiger partial charge in [-0.15, -0.1) is 0 Å². The van der Waals surface area contributed by atoms with Crippen molar-refractivity contribution in [3.63, 3.8) is 0 Å². The fraction of sp³-hybridized carbons (Fsp3) is 0.133. The first kappa shape index (κ1) is 18.2. The summed E-state index contributed by atoms with van der Waals surface area (Å²) in [5.74, 6) is -0.823. The molecule has 0 aliphatic rings. The molecule has 2 aromatic carbocycles. The normalized spacial score (nSPS) is 11.4. The summed E-state index contributed by atoms with van der Waals surface area (Å²) < 4.78 is 51.8. The van der Waals surface area contributed by atoms with Crippen molar-refractivity contribution in [2.75, 3.05) is 11.6 Å². The van der Waals surface area contributed by atoms with Crippen LogP contribution in [0.1, 0.15) is 10.4 Å². The summed E-state index contributed by atoms with van der Waals surface area (Å²) in [6.07, 6.45) is 1.02. The van der Waals surface area contributed by atoms with Gasteiger partial charge in [0, 0.05) is 11.8 Å². The van der Waals surface area contributed by atoms with Crippen LogP contribution >= 0.6 is 11.6 Å². The Bertz CT molecular complexity index is 872. The van der Waals surface area contributed by atoms with E-state index in [-0.39, 0.29) is 26.9 Å². The maximum atomic E-state index is 12.2. The predicted octanol–water partition coefficient (Wildman–Crippen LogP) is 3.60. The molecule has 24 heavy (non-hydrogen) atoms. The second-order valence-electron chi connectivity index (χ2n) is 4.77. The highest BCUT2D eigenvalue weighted by Gasteiger charge is 2.14. The van der Waals surface area contributed by atoms with Gasteiger partial charge < -0.3 is 10.1 Å². The molecule has 0 unspecified atom stereocenters. The zero-order valence-electron chi connectivity index (χ0n) is 12.3. The molecule has 0 heterocycles. The Morgan fingerprint density at radius 2 is 1.92 bits per heavy atom. The number of halogens is 3. The highest BCUT2D eigenvalue weighted by atomic mass is 35.5. The van der Waals surface area contributed by atoms with Crippen molar-refractivity contribution in [2.24, 2.45) is 0 Å². The number of anilines is 1. The molecule has 0 radical (unpaired) electrons. The molecule has 5 nitrogen and oxygen atoms in total. The number of hydrogen-bond donors (Lipinski definition) is 1. The summed E-state index contributed by atoms with van der Waals surface area (Å²) in [5, 5.41) is 2.58. The number of sulfone groups is 1. The van der Waals surface area contributed by atoms with Gasteiger partial charge in [0.05, 0.1) is 15.6 Å². The molecule has 1 N–H and O–H groups in total. The molecule has 9 heteroatoms. The topological polar surface area (TPSA) is 72.5 Å². The van der Waals surface area contributed by atoms with E-state index < -0.39 is 22.4 Å². The summed E-state index contributed by atoms with van der Waals surface area (Å²) in [5.41, 5.74) is 0.138. The van der Waals surface area contributed by atoms with Crippen LogP contribution in [0, 0.1) is 0 Å². The number of hydrogen-bond acceptors (Lipinski definition) is 4. The molecule has 0 aliphatic carbocycles. The Morgan fingerprint density at radius 3 is 2.54 bits per heavy atom. The highest BCUT2D eigenvalue weighted by Crippen LogP contribution is 2.26. The number of benzene rings is 2. The van der Waals surface area contributed by atoms with E-state index in [9.17, 15) is 22.0 Å². The number of nitrogens with one attached hydrogen (secondary N) is 1. The average molecular weight is 376 g/mol. The van der Waals surface area contributed by atoms with Gasteiger partial charge in [0.2, 0.25) is 0 Å². The molecule has 0 saturated heterocycles.